The summed E-state index contributed by atoms with van der Waals surface area (Å²) in [7, 11) is 0. The minimum Gasteiger partial charge on any atom is -0.479 e. The van der Waals surface area contributed by atoms with Crippen LogP contribution in [0.2, 0.25) is 5.02 Å². The molecule has 0 bridgehead atoms. The Morgan fingerprint density at radius 2 is 1.54 bits per heavy atom. The highest BCUT2D eigenvalue weighted by Crippen LogP contribution is 2.41. The van der Waals surface area contributed by atoms with Crippen LogP contribution in [0.1, 0.15) is 44.1 Å². The molecule has 0 radical (unpaired) electrons. The quantitative estimate of drug-likeness (QED) is 0.283. The molecular formula is C28H30ClFN2O7. The molecule has 0 spiro atoms. The molecule has 0 unspecified atom stereocenters. The second-order valence-corrected chi connectivity index (χ2v) is 9.96. The maximum Gasteiger partial charge on any atom is 0.335 e. The van der Waals surface area contributed by atoms with E-state index in [1.165, 1.54) is 11.6 Å². The van der Waals surface area contributed by atoms with Crippen LogP contribution >= 0.6 is 11.6 Å². The molecule has 0 saturated heterocycles. The van der Waals surface area contributed by atoms with Gasteiger partial charge < -0.3 is 25.7 Å². The topological polar surface area (TPSA) is 157 Å². The number of aliphatic hydroxyl groups is 2. The Morgan fingerprint density at radius 1 is 0.949 bits per heavy atom. The summed E-state index contributed by atoms with van der Waals surface area (Å²) in [5.41, 5.74) is 2.78. The Balaban J connectivity index is 0.000000360. The van der Waals surface area contributed by atoms with Crippen LogP contribution in [0, 0.1) is 17.7 Å². The first-order valence-corrected chi connectivity index (χ1v) is 12.8. The van der Waals surface area contributed by atoms with Crippen molar-refractivity contribution in [2.24, 2.45) is 11.8 Å². The standard InChI is InChI=1S/C24H24ClFN2O.C4H6O6/c1-15(24(29)28-20-9-6-18(25)7-10-20)16-2-4-17(5-3-16)21-12-13-27-23-11-8-19(26)14-22(21)23;5-1(3(7)8)2(6)4(9)10/h6-17H,2-5H2,1H3,(H,28,29);1-2,5-6H,(H,7,8)(H,9,10)/t15-,16?,17?;1-,2-/m11/s1. The Bertz CT molecular complexity index is 1300. The van der Waals surface area contributed by atoms with E-state index in [-0.39, 0.29) is 17.6 Å². The fourth-order valence-corrected chi connectivity index (χ4v) is 4.83. The monoisotopic (exact) mass is 560 g/mol. The van der Waals surface area contributed by atoms with E-state index in [9.17, 15) is 18.8 Å². The first-order valence-electron chi connectivity index (χ1n) is 12.4. The first-order chi connectivity index (χ1) is 18.5. The fourth-order valence-electron chi connectivity index (χ4n) is 4.70. The van der Waals surface area contributed by atoms with Crippen molar-refractivity contribution in [3.8, 4) is 0 Å². The molecule has 1 aliphatic carbocycles. The van der Waals surface area contributed by atoms with Gasteiger partial charge in [0.1, 0.15) is 5.82 Å². The largest absolute Gasteiger partial charge is 0.479 e. The van der Waals surface area contributed by atoms with Crippen molar-refractivity contribution in [1.29, 1.82) is 0 Å². The highest BCUT2D eigenvalue weighted by atomic mass is 35.5. The number of halogens is 2. The number of fused-ring (bicyclic) bond motifs is 1. The number of pyridine rings is 1. The zero-order valence-corrected chi connectivity index (χ0v) is 21.9. The lowest BCUT2D eigenvalue weighted by Crippen LogP contribution is -2.39. The van der Waals surface area contributed by atoms with Gasteiger partial charge in [-0.15, -0.1) is 0 Å². The molecule has 1 fully saturated rings. The van der Waals surface area contributed by atoms with Crippen LogP contribution in [0.4, 0.5) is 10.1 Å². The second kappa shape index (κ2) is 13.5. The van der Waals surface area contributed by atoms with E-state index in [1.807, 2.05) is 31.3 Å². The van der Waals surface area contributed by atoms with E-state index in [0.29, 0.717) is 16.9 Å². The molecule has 1 aliphatic rings. The molecule has 208 valence electrons. The Kier molecular flexibility index (Phi) is 10.3. The Morgan fingerprint density at radius 3 is 2.10 bits per heavy atom. The van der Waals surface area contributed by atoms with Crippen molar-refractivity contribution in [3.05, 3.63) is 71.1 Å². The number of carbonyl (C=O) groups is 3. The van der Waals surface area contributed by atoms with Crippen molar-refractivity contribution in [2.45, 2.75) is 50.7 Å². The molecule has 11 heteroatoms. The highest BCUT2D eigenvalue weighted by molar-refractivity contribution is 6.30. The number of carboxylic acids is 2. The molecule has 1 saturated carbocycles. The van der Waals surface area contributed by atoms with Gasteiger partial charge in [0.05, 0.1) is 5.52 Å². The number of nitrogens with zero attached hydrogens (tertiary/aromatic N) is 1. The van der Waals surface area contributed by atoms with E-state index in [2.05, 4.69) is 10.3 Å². The van der Waals surface area contributed by atoms with Gasteiger partial charge in [-0.1, -0.05) is 18.5 Å². The average molecular weight is 561 g/mol. The van der Waals surface area contributed by atoms with Gasteiger partial charge in [0.25, 0.3) is 0 Å². The maximum absolute atomic E-state index is 13.8. The van der Waals surface area contributed by atoms with Gasteiger partial charge in [-0.05, 0) is 91.6 Å². The first kappa shape index (κ1) is 29.9. The summed E-state index contributed by atoms with van der Waals surface area (Å²) in [6.45, 7) is 2.01. The number of hydrogen-bond acceptors (Lipinski definition) is 6. The number of carboxylic acid groups (broad SMARTS) is 2. The lowest BCUT2D eigenvalue weighted by Gasteiger charge is -2.32. The molecule has 2 aromatic carbocycles. The summed E-state index contributed by atoms with van der Waals surface area (Å²) in [6, 6.07) is 14.0. The van der Waals surface area contributed by atoms with E-state index < -0.39 is 24.1 Å². The molecular weight excluding hydrogens is 531 g/mol. The van der Waals surface area contributed by atoms with Crippen LogP contribution in [0.5, 0.6) is 0 Å². The van der Waals surface area contributed by atoms with E-state index in [1.54, 1.807) is 24.3 Å². The second-order valence-electron chi connectivity index (χ2n) is 9.52. The van der Waals surface area contributed by atoms with Gasteiger partial charge in [-0.25, -0.2) is 14.0 Å². The number of anilines is 1. The van der Waals surface area contributed by atoms with E-state index in [4.69, 9.17) is 32.0 Å². The lowest BCUT2D eigenvalue weighted by molar-refractivity contribution is -0.165. The average Bonchev–Trinajstić information content (AvgIpc) is 2.93. The minimum absolute atomic E-state index is 0.0483. The van der Waals surface area contributed by atoms with Crippen LogP contribution in [0.25, 0.3) is 10.9 Å². The Labute approximate surface area is 229 Å². The molecule has 1 amide bonds. The Hall–Kier alpha value is -3.60. The molecule has 4 rings (SSSR count). The third-order valence-electron chi connectivity index (χ3n) is 6.99. The number of carbonyl (C=O) groups excluding carboxylic acids is 1. The van der Waals surface area contributed by atoms with Gasteiger partial charge >= 0.3 is 11.9 Å². The molecule has 0 aliphatic heterocycles. The number of aromatic nitrogens is 1. The normalized spacial score (nSPS) is 19.2. The zero-order chi connectivity index (χ0) is 28.7. The molecule has 3 atom stereocenters. The van der Waals surface area contributed by atoms with Gasteiger partial charge in [0.15, 0.2) is 12.2 Å². The summed E-state index contributed by atoms with van der Waals surface area (Å²) < 4.78 is 13.8. The summed E-state index contributed by atoms with van der Waals surface area (Å²) in [6.07, 6.45) is 1.24. The molecule has 3 aromatic rings. The van der Waals surface area contributed by atoms with Crippen LogP contribution in [0.15, 0.2) is 54.7 Å². The number of amides is 1. The number of rotatable bonds is 7. The van der Waals surface area contributed by atoms with Gasteiger partial charge in [-0.3, -0.25) is 9.78 Å². The number of hydrogen-bond donors (Lipinski definition) is 5. The lowest BCUT2D eigenvalue weighted by atomic mass is 9.73. The molecule has 5 N–H and O–H groups in total. The summed E-state index contributed by atoms with van der Waals surface area (Å²) in [4.78, 5) is 36.6. The zero-order valence-electron chi connectivity index (χ0n) is 21.1. The molecule has 1 aromatic heterocycles. The van der Waals surface area contributed by atoms with Gasteiger partial charge in [-0.2, -0.15) is 0 Å². The van der Waals surface area contributed by atoms with Crippen LogP contribution < -0.4 is 5.32 Å². The number of aliphatic carboxylic acids is 2. The van der Waals surface area contributed by atoms with Crippen LogP contribution in [0.3, 0.4) is 0 Å². The predicted octanol–water partition coefficient (Wildman–Crippen LogP) is 4.45. The van der Waals surface area contributed by atoms with Crippen molar-refractivity contribution in [1.82, 2.24) is 4.98 Å². The third kappa shape index (κ3) is 7.95. The summed E-state index contributed by atoms with van der Waals surface area (Å²) in [5, 5.41) is 37.1. The SMILES string of the molecule is C[C@@H](C(=O)Nc1ccc(Cl)cc1)C1CCC(c2ccnc3ccc(F)cc23)CC1.O=C(O)[C@H](O)[C@@H](O)C(=O)O. The highest BCUT2D eigenvalue weighted by Gasteiger charge is 2.31. The smallest absolute Gasteiger partial charge is 0.335 e. The van der Waals surface area contributed by atoms with Crippen molar-refractivity contribution in [2.75, 3.05) is 5.32 Å². The third-order valence-corrected chi connectivity index (χ3v) is 7.24. The van der Waals surface area contributed by atoms with Crippen molar-refractivity contribution >= 4 is 46.0 Å². The fraction of sp³-hybridized carbons (Fsp3) is 0.357. The van der Waals surface area contributed by atoms with Gasteiger partial charge in [0.2, 0.25) is 5.91 Å². The molecule has 9 nitrogen and oxygen atoms in total. The number of aliphatic hydroxyl groups excluding tert-OH is 2. The summed E-state index contributed by atoms with van der Waals surface area (Å²) >= 11 is 5.90. The van der Waals surface area contributed by atoms with Gasteiger partial charge in [0, 0.05) is 28.2 Å². The predicted molar refractivity (Wildman–Crippen MR) is 143 cm³/mol. The molecule has 39 heavy (non-hydrogen) atoms. The molecule has 1 heterocycles. The minimum atomic E-state index is -2.27. The van der Waals surface area contributed by atoms with Crippen LogP contribution in [-0.4, -0.2) is 55.5 Å². The van der Waals surface area contributed by atoms with Crippen molar-refractivity contribution < 1.29 is 39.2 Å². The number of nitrogens with one attached hydrogen (secondary N) is 1. The van der Waals surface area contributed by atoms with E-state index >= 15 is 0 Å². The number of benzene rings is 2. The van der Waals surface area contributed by atoms with Crippen molar-refractivity contribution in [3.63, 3.8) is 0 Å². The summed E-state index contributed by atoms with van der Waals surface area (Å²) in [5.74, 6) is -3.04. The van der Waals surface area contributed by atoms with Crippen LogP contribution in [-0.2, 0) is 14.4 Å². The maximum atomic E-state index is 13.8. The van der Waals surface area contributed by atoms with E-state index in [0.717, 1.165) is 42.3 Å².